The molecule has 2 heterocycles. The Labute approximate surface area is 180 Å². The number of carbonyl (C=O) groups excluding carboxylic acids is 1. The van der Waals surface area contributed by atoms with Crippen molar-refractivity contribution in [3.8, 4) is 22.7 Å². The van der Waals surface area contributed by atoms with Gasteiger partial charge in [0, 0.05) is 18.7 Å². The lowest BCUT2D eigenvalue weighted by atomic mass is 10.1. The third kappa shape index (κ3) is 4.46. The predicted octanol–water partition coefficient (Wildman–Crippen LogP) is 1.67. The minimum Gasteiger partial charge on any atom is -0.497 e. The minimum absolute atomic E-state index is 0.000907. The topological polar surface area (TPSA) is 117 Å². The molecule has 1 aromatic heterocycles. The van der Waals surface area contributed by atoms with Crippen LogP contribution >= 0.6 is 0 Å². The van der Waals surface area contributed by atoms with Gasteiger partial charge >= 0.3 is 0 Å². The Morgan fingerprint density at radius 2 is 1.71 bits per heavy atom. The first-order valence-electron chi connectivity index (χ1n) is 9.61. The summed E-state index contributed by atoms with van der Waals surface area (Å²) >= 11 is 0. The van der Waals surface area contributed by atoms with E-state index >= 15 is 0 Å². The molecule has 0 spiro atoms. The van der Waals surface area contributed by atoms with E-state index < -0.39 is 10.0 Å². The Morgan fingerprint density at radius 1 is 1.06 bits per heavy atom. The van der Waals surface area contributed by atoms with Crippen molar-refractivity contribution in [2.24, 2.45) is 5.14 Å². The highest BCUT2D eigenvalue weighted by Crippen LogP contribution is 2.27. The Hall–Kier alpha value is -3.21. The molecule has 9 nitrogen and oxygen atoms in total. The first kappa shape index (κ1) is 21.0. The summed E-state index contributed by atoms with van der Waals surface area (Å²) in [4.78, 5) is 14.7. The van der Waals surface area contributed by atoms with Gasteiger partial charge in [0.1, 0.15) is 5.75 Å². The average molecular weight is 442 g/mol. The Morgan fingerprint density at radius 3 is 2.29 bits per heavy atom. The van der Waals surface area contributed by atoms with Crippen LogP contribution in [0.25, 0.3) is 16.9 Å². The Balaban J connectivity index is 1.77. The molecule has 0 radical (unpaired) electrons. The van der Waals surface area contributed by atoms with Crippen LogP contribution in [0.2, 0.25) is 0 Å². The van der Waals surface area contributed by atoms with Crippen molar-refractivity contribution in [2.45, 2.75) is 4.90 Å². The van der Waals surface area contributed by atoms with Crippen LogP contribution in [0.4, 0.5) is 0 Å². The fourth-order valence-corrected chi connectivity index (χ4v) is 3.87. The third-order valence-electron chi connectivity index (χ3n) is 5.02. The standard InChI is InChI=1S/C21H22N4O5S/c1-29-17-6-2-15(3-7-17)20-14-19(21(26)24-10-12-30-13-11-24)23-25(20)16-4-8-18(9-5-16)31(22,27)28/h2-9,14H,10-13H2,1H3,(H2,22,27,28). The number of nitrogens with zero attached hydrogens (tertiary/aromatic N) is 3. The maximum absolute atomic E-state index is 13.0. The van der Waals surface area contributed by atoms with Crippen LogP contribution in [0.1, 0.15) is 10.5 Å². The molecular weight excluding hydrogens is 420 g/mol. The van der Waals surface area contributed by atoms with Crippen LogP contribution in [-0.2, 0) is 14.8 Å². The highest BCUT2D eigenvalue weighted by atomic mass is 32.2. The van der Waals surface area contributed by atoms with E-state index in [-0.39, 0.29) is 10.8 Å². The molecule has 3 aromatic rings. The van der Waals surface area contributed by atoms with Crippen LogP contribution in [0, 0.1) is 0 Å². The van der Waals surface area contributed by atoms with Gasteiger partial charge in [-0.3, -0.25) is 4.79 Å². The van der Waals surface area contributed by atoms with Crippen LogP contribution < -0.4 is 9.88 Å². The number of carbonyl (C=O) groups is 1. The zero-order valence-electron chi connectivity index (χ0n) is 16.9. The van der Waals surface area contributed by atoms with Crippen molar-refractivity contribution in [2.75, 3.05) is 33.4 Å². The number of primary sulfonamides is 1. The lowest BCUT2D eigenvalue weighted by Crippen LogP contribution is -2.40. The molecule has 4 rings (SSSR count). The number of morpholine rings is 1. The number of rotatable bonds is 5. The summed E-state index contributed by atoms with van der Waals surface area (Å²) in [5.41, 5.74) is 2.40. The lowest BCUT2D eigenvalue weighted by Gasteiger charge is -2.25. The monoisotopic (exact) mass is 442 g/mol. The van der Waals surface area contributed by atoms with Crippen LogP contribution in [0.5, 0.6) is 5.75 Å². The second kappa shape index (κ2) is 8.50. The number of hydrogen-bond donors (Lipinski definition) is 1. The summed E-state index contributed by atoms with van der Waals surface area (Å²) in [6, 6.07) is 15.1. The first-order chi connectivity index (χ1) is 14.9. The number of sulfonamides is 1. The zero-order valence-corrected chi connectivity index (χ0v) is 17.7. The van der Waals surface area contributed by atoms with Crippen molar-refractivity contribution < 1.29 is 22.7 Å². The van der Waals surface area contributed by atoms with Gasteiger partial charge in [-0.25, -0.2) is 18.2 Å². The molecular formula is C21H22N4O5S. The zero-order chi connectivity index (χ0) is 22.0. The number of ether oxygens (including phenoxy) is 2. The summed E-state index contributed by atoms with van der Waals surface area (Å²) in [5, 5.41) is 9.74. The highest BCUT2D eigenvalue weighted by Gasteiger charge is 2.23. The fraction of sp³-hybridized carbons (Fsp3) is 0.238. The molecule has 1 aliphatic heterocycles. The number of benzene rings is 2. The molecule has 0 aliphatic carbocycles. The van der Waals surface area contributed by atoms with Gasteiger partial charge in [0.15, 0.2) is 5.69 Å². The van der Waals surface area contributed by atoms with Crippen molar-refractivity contribution in [3.05, 3.63) is 60.3 Å². The molecule has 0 atom stereocenters. The molecule has 0 bridgehead atoms. The normalized spacial score (nSPS) is 14.5. The van der Waals surface area contributed by atoms with Gasteiger partial charge < -0.3 is 14.4 Å². The van der Waals surface area contributed by atoms with Gasteiger partial charge in [0.2, 0.25) is 10.0 Å². The molecule has 0 unspecified atom stereocenters. The number of hydrogen-bond acceptors (Lipinski definition) is 6. The van der Waals surface area contributed by atoms with E-state index in [1.807, 2.05) is 24.3 Å². The molecule has 1 aliphatic rings. The summed E-state index contributed by atoms with van der Waals surface area (Å²) in [7, 11) is -2.22. The van der Waals surface area contributed by atoms with Crippen LogP contribution in [-0.4, -0.2) is 62.4 Å². The third-order valence-corrected chi connectivity index (χ3v) is 5.95. The Kier molecular flexibility index (Phi) is 5.77. The molecule has 0 saturated carbocycles. The quantitative estimate of drug-likeness (QED) is 0.642. The van der Waals surface area contributed by atoms with E-state index in [2.05, 4.69) is 5.10 Å². The second-order valence-corrected chi connectivity index (χ2v) is 8.56. The van der Waals surface area contributed by atoms with Gasteiger partial charge in [-0.2, -0.15) is 5.10 Å². The maximum atomic E-state index is 13.0. The number of aromatic nitrogens is 2. The van der Waals surface area contributed by atoms with E-state index in [0.717, 1.165) is 5.56 Å². The predicted molar refractivity (Wildman–Crippen MR) is 114 cm³/mol. The van der Waals surface area contributed by atoms with Gasteiger partial charge in [0.25, 0.3) is 5.91 Å². The summed E-state index contributed by atoms with van der Waals surface area (Å²) in [6.07, 6.45) is 0. The van der Waals surface area contributed by atoms with Gasteiger partial charge in [-0.05, 0) is 54.6 Å². The minimum atomic E-state index is -3.81. The molecule has 2 aromatic carbocycles. The lowest BCUT2D eigenvalue weighted by molar-refractivity contribution is 0.0298. The van der Waals surface area contributed by atoms with E-state index in [9.17, 15) is 13.2 Å². The van der Waals surface area contributed by atoms with Gasteiger partial charge in [-0.1, -0.05) is 0 Å². The maximum Gasteiger partial charge on any atom is 0.274 e. The molecule has 10 heteroatoms. The van der Waals surface area contributed by atoms with Crippen LogP contribution in [0.3, 0.4) is 0 Å². The van der Waals surface area contributed by atoms with E-state index in [1.165, 1.54) is 12.1 Å². The average Bonchev–Trinajstić information content (AvgIpc) is 3.24. The number of methoxy groups -OCH3 is 1. The Bertz CT molecular complexity index is 1180. The SMILES string of the molecule is COc1ccc(-c2cc(C(=O)N3CCOCC3)nn2-c2ccc(S(N)(=O)=O)cc2)cc1. The van der Waals surface area contributed by atoms with Crippen LogP contribution in [0.15, 0.2) is 59.5 Å². The fourth-order valence-electron chi connectivity index (χ4n) is 3.36. The molecule has 2 N–H and O–H groups in total. The van der Waals surface area contributed by atoms with Crippen molar-refractivity contribution >= 4 is 15.9 Å². The number of amides is 1. The summed E-state index contributed by atoms with van der Waals surface area (Å²) in [5.74, 6) is 0.523. The van der Waals surface area contributed by atoms with Crippen molar-refractivity contribution in [1.82, 2.24) is 14.7 Å². The highest BCUT2D eigenvalue weighted by molar-refractivity contribution is 7.89. The smallest absolute Gasteiger partial charge is 0.274 e. The molecule has 1 amide bonds. The van der Waals surface area contributed by atoms with Gasteiger partial charge in [-0.15, -0.1) is 0 Å². The van der Waals surface area contributed by atoms with Crippen molar-refractivity contribution in [3.63, 3.8) is 0 Å². The molecule has 162 valence electrons. The first-order valence-corrected chi connectivity index (χ1v) is 11.2. The molecule has 1 fully saturated rings. The van der Waals surface area contributed by atoms with Gasteiger partial charge in [0.05, 0.1) is 36.6 Å². The summed E-state index contributed by atoms with van der Waals surface area (Å²) in [6.45, 7) is 2.00. The van der Waals surface area contributed by atoms with E-state index in [1.54, 1.807) is 34.9 Å². The molecule has 1 saturated heterocycles. The second-order valence-electron chi connectivity index (χ2n) is 7.00. The molecule has 31 heavy (non-hydrogen) atoms. The largest absolute Gasteiger partial charge is 0.497 e. The number of nitrogens with two attached hydrogens (primary N) is 1. The van der Waals surface area contributed by atoms with Crippen molar-refractivity contribution in [1.29, 1.82) is 0 Å². The van der Waals surface area contributed by atoms with E-state index in [4.69, 9.17) is 14.6 Å². The summed E-state index contributed by atoms with van der Waals surface area (Å²) < 4.78 is 35.3. The van der Waals surface area contributed by atoms with E-state index in [0.29, 0.717) is 49.1 Å².